The number of anilines is 1. The molecule has 0 aromatic heterocycles. The molecule has 0 aliphatic rings. The van der Waals surface area contributed by atoms with Crippen LogP contribution < -0.4 is 5.32 Å². The van der Waals surface area contributed by atoms with E-state index < -0.39 is 0 Å². The highest BCUT2D eigenvalue weighted by Gasteiger charge is 2.02. The lowest BCUT2D eigenvalue weighted by Gasteiger charge is -2.09. The first-order chi connectivity index (χ1) is 8.77. The van der Waals surface area contributed by atoms with Crippen LogP contribution in [0.1, 0.15) is 0 Å². The minimum Gasteiger partial charge on any atom is -0.383 e. The van der Waals surface area contributed by atoms with Crippen molar-refractivity contribution in [2.75, 3.05) is 17.6 Å². The largest absolute Gasteiger partial charge is 0.383 e. The van der Waals surface area contributed by atoms with Gasteiger partial charge in [0.1, 0.15) is 0 Å². The van der Waals surface area contributed by atoms with Crippen LogP contribution in [-0.2, 0) is 0 Å². The Kier molecular flexibility index (Phi) is 5.42. The van der Waals surface area contributed by atoms with Gasteiger partial charge in [0.15, 0.2) is 0 Å². The number of rotatable bonds is 5. The maximum atomic E-state index is 6.03. The second-order valence-corrected chi connectivity index (χ2v) is 6.06. The number of hydrogen-bond donors (Lipinski definition) is 1. The van der Waals surface area contributed by atoms with Crippen molar-refractivity contribution in [2.24, 2.45) is 0 Å². The number of benzene rings is 2. The monoisotopic (exact) mass is 341 g/mol. The number of thioether (sulfide) groups is 1. The molecule has 0 radical (unpaired) electrons. The van der Waals surface area contributed by atoms with Crippen molar-refractivity contribution >= 4 is 45.0 Å². The van der Waals surface area contributed by atoms with Gasteiger partial charge in [-0.2, -0.15) is 0 Å². The highest BCUT2D eigenvalue weighted by atomic mass is 79.9. The summed E-state index contributed by atoms with van der Waals surface area (Å²) in [4.78, 5) is 1.30. The van der Waals surface area contributed by atoms with Crippen LogP contribution in [0.5, 0.6) is 0 Å². The van der Waals surface area contributed by atoms with Crippen LogP contribution in [0, 0.1) is 0 Å². The fourth-order valence-corrected chi connectivity index (χ4v) is 2.88. The summed E-state index contributed by atoms with van der Waals surface area (Å²) in [6, 6.07) is 16.2. The lowest BCUT2D eigenvalue weighted by atomic mass is 10.3. The summed E-state index contributed by atoms with van der Waals surface area (Å²) in [6.45, 7) is 0.901. The molecule has 2 rings (SSSR count). The lowest BCUT2D eigenvalue weighted by Crippen LogP contribution is -2.04. The molecule has 0 saturated carbocycles. The molecule has 0 amide bonds. The molecule has 1 N–H and O–H groups in total. The molecule has 1 nitrogen and oxygen atoms in total. The molecule has 0 atom stereocenters. The van der Waals surface area contributed by atoms with Crippen molar-refractivity contribution in [3.05, 3.63) is 58.0 Å². The van der Waals surface area contributed by atoms with Crippen molar-refractivity contribution in [3.8, 4) is 0 Å². The van der Waals surface area contributed by atoms with Crippen molar-refractivity contribution in [2.45, 2.75) is 4.90 Å². The molecule has 2 aromatic rings. The molecule has 0 spiro atoms. The first-order valence-electron chi connectivity index (χ1n) is 5.63. The van der Waals surface area contributed by atoms with Crippen LogP contribution in [0.4, 0.5) is 5.69 Å². The van der Waals surface area contributed by atoms with E-state index in [-0.39, 0.29) is 0 Å². The maximum Gasteiger partial charge on any atom is 0.0593 e. The van der Waals surface area contributed by atoms with Crippen LogP contribution >= 0.6 is 39.3 Å². The molecule has 4 heteroatoms. The molecular formula is C14H13BrClNS. The van der Waals surface area contributed by atoms with E-state index in [1.807, 2.05) is 36.0 Å². The molecular weight excluding hydrogens is 330 g/mol. The van der Waals surface area contributed by atoms with Gasteiger partial charge in [0.2, 0.25) is 0 Å². The molecule has 94 valence electrons. The van der Waals surface area contributed by atoms with Crippen molar-refractivity contribution in [1.29, 1.82) is 0 Å². The van der Waals surface area contributed by atoms with Gasteiger partial charge in [-0.05, 0) is 40.2 Å². The third-order valence-electron chi connectivity index (χ3n) is 2.38. The van der Waals surface area contributed by atoms with E-state index in [1.165, 1.54) is 4.90 Å². The number of halogens is 2. The van der Waals surface area contributed by atoms with Gasteiger partial charge in [-0.15, -0.1) is 11.8 Å². The fraction of sp³-hybridized carbons (Fsp3) is 0.143. The van der Waals surface area contributed by atoms with Gasteiger partial charge < -0.3 is 5.32 Å². The smallest absolute Gasteiger partial charge is 0.0593 e. The summed E-state index contributed by atoms with van der Waals surface area (Å²) < 4.78 is 0.927. The molecule has 0 unspecified atom stereocenters. The van der Waals surface area contributed by atoms with Crippen LogP contribution in [0.2, 0.25) is 5.02 Å². The topological polar surface area (TPSA) is 12.0 Å². The van der Waals surface area contributed by atoms with Crippen LogP contribution in [0.15, 0.2) is 57.9 Å². The normalized spacial score (nSPS) is 10.3. The molecule has 0 aliphatic heterocycles. The van der Waals surface area contributed by atoms with Crippen LogP contribution in [-0.4, -0.2) is 12.3 Å². The standard InChI is InChI=1S/C14H13BrClNS/c15-14-12(16)7-4-8-13(14)17-9-10-18-11-5-2-1-3-6-11/h1-8,17H,9-10H2. The molecule has 0 heterocycles. The summed E-state index contributed by atoms with van der Waals surface area (Å²) in [6.07, 6.45) is 0. The predicted molar refractivity (Wildman–Crippen MR) is 84.8 cm³/mol. The van der Waals surface area contributed by atoms with Gasteiger partial charge in [-0.25, -0.2) is 0 Å². The summed E-state index contributed by atoms with van der Waals surface area (Å²) >= 11 is 11.3. The number of hydrogen-bond acceptors (Lipinski definition) is 2. The third kappa shape index (κ3) is 3.94. The Labute approximate surface area is 125 Å². The Bertz CT molecular complexity index is 504. The quantitative estimate of drug-likeness (QED) is 0.584. The zero-order chi connectivity index (χ0) is 12.8. The SMILES string of the molecule is Clc1cccc(NCCSc2ccccc2)c1Br. The van der Waals surface area contributed by atoms with E-state index in [0.29, 0.717) is 0 Å². The van der Waals surface area contributed by atoms with E-state index in [1.54, 1.807) is 0 Å². The molecule has 0 saturated heterocycles. The van der Waals surface area contributed by atoms with E-state index in [2.05, 4.69) is 45.5 Å². The zero-order valence-electron chi connectivity index (χ0n) is 9.70. The molecule has 0 bridgehead atoms. The van der Waals surface area contributed by atoms with Crippen molar-refractivity contribution in [1.82, 2.24) is 0 Å². The van der Waals surface area contributed by atoms with Gasteiger partial charge in [0.05, 0.1) is 9.50 Å². The average molecular weight is 343 g/mol. The summed E-state index contributed by atoms with van der Waals surface area (Å²) in [5.41, 5.74) is 1.04. The second kappa shape index (κ2) is 7.07. The van der Waals surface area contributed by atoms with E-state index in [4.69, 9.17) is 11.6 Å². The molecule has 18 heavy (non-hydrogen) atoms. The van der Waals surface area contributed by atoms with E-state index in [9.17, 15) is 0 Å². The first kappa shape index (κ1) is 13.8. The van der Waals surface area contributed by atoms with E-state index in [0.717, 1.165) is 27.5 Å². The second-order valence-electron chi connectivity index (χ2n) is 3.69. The summed E-state index contributed by atoms with van der Waals surface area (Å²) in [7, 11) is 0. The minimum absolute atomic E-state index is 0.732. The Morgan fingerprint density at radius 3 is 2.61 bits per heavy atom. The average Bonchev–Trinajstić information content (AvgIpc) is 2.40. The van der Waals surface area contributed by atoms with Gasteiger partial charge in [-0.1, -0.05) is 35.9 Å². The summed E-state index contributed by atoms with van der Waals surface area (Å²) in [5, 5.41) is 4.10. The lowest BCUT2D eigenvalue weighted by molar-refractivity contribution is 1.22. The Morgan fingerprint density at radius 1 is 1.06 bits per heavy atom. The Balaban J connectivity index is 1.81. The van der Waals surface area contributed by atoms with Gasteiger partial charge in [0, 0.05) is 22.9 Å². The highest BCUT2D eigenvalue weighted by molar-refractivity contribution is 9.10. The van der Waals surface area contributed by atoms with Gasteiger partial charge >= 0.3 is 0 Å². The van der Waals surface area contributed by atoms with Crippen molar-refractivity contribution in [3.63, 3.8) is 0 Å². The first-order valence-corrected chi connectivity index (χ1v) is 7.79. The van der Waals surface area contributed by atoms with Gasteiger partial charge in [0.25, 0.3) is 0 Å². The fourth-order valence-electron chi connectivity index (χ4n) is 1.51. The zero-order valence-corrected chi connectivity index (χ0v) is 12.9. The Hall–Kier alpha value is -0.640. The highest BCUT2D eigenvalue weighted by Crippen LogP contribution is 2.30. The maximum absolute atomic E-state index is 6.03. The predicted octanol–water partition coefficient (Wildman–Crippen LogP) is 5.31. The van der Waals surface area contributed by atoms with Crippen LogP contribution in [0.3, 0.4) is 0 Å². The molecule has 0 aliphatic carbocycles. The van der Waals surface area contributed by atoms with E-state index >= 15 is 0 Å². The summed E-state index contributed by atoms with van der Waals surface area (Å²) in [5.74, 6) is 1.02. The van der Waals surface area contributed by atoms with Gasteiger partial charge in [-0.3, -0.25) is 0 Å². The molecule has 2 aromatic carbocycles. The third-order valence-corrected chi connectivity index (χ3v) is 4.79. The Morgan fingerprint density at radius 2 is 1.83 bits per heavy atom. The number of nitrogens with one attached hydrogen (secondary N) is 1. The molecule has 0 fully saturated rings. The van der Waals surface area contributed by atoms with Crippen LogP contribution in [0.25, 0.3) is 0 Å². The minimum atomic E-state index is 0.732. The van der Waals surface area contributed by atoms with Crippen molar-refractivity contribution < 1.29 is 0 Å².